The van der Waals surface area contributed by atoms with Crippen molar-refractivity contribution in [1.29, 1.82) is 0 Å². The maximum absolute atomic E-state index is 14.1. The van der Waals surface area contributed by atoms with Gasteiger partial charge >= 0.3 is 5.97 Å². The fraction of sp³-hybridized carbons (Fsp3) is 0.700. The van der Waals surface area contributed by atoms with E-state index in [2.05, 4.69) is 0 Å². The van der Waals surface area contributed by atoms with Crippen LogP contribution >= 0.6 is 0 Å². The zero-order valence-corrected chi connectivity index (χ0v) is 23.4. The molecule has 8 heteroatoms. The van der Waals surface area contributed by atoms with Crippen LogP contribution in [0.3, 0.4) is 0 Å². The molecule has 4 rings (SSSR count). The molecule has 0 bridgehead atoms. The van der Waals surface area contributed by atoms with Crippen LogP contribution in [0.15, 0.2) is 22.8 Å². The zero-order chi connectivity index (χ0) is 28.7. The quantitative estimate of drug-likeness (QED) is 0.476. The van der Waals surface area contributed by atoms with E-state index in [-0.39, 0.29) is 53.7 Å². The highest BCUT2D eigenvalue weighted by atomic mass is 16.4. The third-order valence-electron chi connectivity index (χ3n) is 10.9. The lowest BCUT2D eigenvalue weighted by molar-refractivity contribution is -0.153. The third kappa shape index (κ3) is 3.52. The van der Waals surface area contributed by atoms with Crippen molar-refractivity contribution in [2.45, 2.75) is 92.8 Å². The summed E-state index contributed by atoms with van der Waals surface area (Å²) in [6.07, 6.45) is -0.0598. The second-order valence-corrected chi connectivity index (χ2v) is 13.4. The van der Waals surface area contributed by atoms with E-state index in [1.54, 1.807) is 20.8 Å². The SMILES string of the molecule is CC(CC(=O)C[C@@H](C)C1=CC(=O)[C@@]2(C)C3=C(C(=O)[C@@H](O)[C@]12C)[C@@]1(C)CC[C@H](O)C(C)(C)C1CC3=O)C(=O)O. The number of carboxylic acid groups (broad SMARTS) is 1. The van der Waals surface area contributed by atoms with Gasteiger partial charge in [0.25, 0.3) is 0 Å². The number of aliphatic hydroxyl groups is 2. The van der Waals surface area contributed by atoms with Crippen molar-refractivity contribution in [1.82, 2.24) is 0 Å². The number of rotatable bonds is 6. The van der Waals surface area contributed by atoms with Gasteiger partial charge in [0.15, 0.2) is 17.3 Å². The highest BCUT2D eigenvalue weighted by Gasteiger charge is 2.71. The average molecular weight is 529 g/mol. The topological polar surface area (TPSA) is 146 Å². The molecule has 1 fully saturated rings. The smallest absolute Gasteiger partial charge is 0.306 e. The van der Waals surface area contributed by atoms with Gasteiger partial charge in [-0.25, -0.2) is 0 Å². The summed E-state index contributed by atoms with van der Waals surface area (Å²) in [5.41, 5.74) is -3.50. The van der Waals surface area contributed by atoms with Crippen molar-refractivity contribution >= 4 is 29.1 Å². The number of Topliss-reactive ketones (excluding diaryl/α,β-unsaturated/α-hetero) is 3. The fourth-order valence-electron chi connectivity index (χ4n) is 8.28. The number of aliphatic carboxylic acids is 1. The van der Waals surface area contributed by atoms with E-state index < -0.39 is 57.5 Å². The molecule has 4 aliphatic carbocycles. The molecule has 0 aliphatic heterocycles. The molecule has 0 saturated heterocycles. The Balaban J connectivity index is 1.81. The molecule has 0 amide bonds. The Labute approximate surface area is 223 Å². The maximum Gasteiger partial charge on any atom is 0.306 e. The molecule has 2 unspecified atom stereocenters. The summed E-state index contributed by atoms with van der Waals surface area (Å²) in [6, 6.07) is 0. The highest BCUT2D eigenvalue weighted by molar-refractivity contribution is 6.20. The summed E-state index contributed by atoms with van der Waals surface area (Å²) >= 11 is 0. The minimum atomic E-state index is -1.60. The lowest BCUT2D eigenvalue weighted by atomic mass is 9.42. The van der Waals surface area contributed by atoms with E-state index in [1.807, 2.05) is 20.8 Å². The van der Waals surface area contributed by atoms with Gasteiger partial charge in [0.2, 0.25) is 0 Å². The monoisotopic (exact) mass is 528 g/mol. The fourth-order valence-corrected chi connectivity index (χ4v) is 8.28. The number of carbonyl (C=O) groups excluding carboxylic acids is 4. The Morgan fingerprint density at radius 1 is 1.00 bits per heavy atom. The number of fused-ring (bicyclic) bond motifs is 4. The molecule has 38 heavy (non-hydrogen) atoms. The summed E-state index contributed by atoms with van der Waals surface area (Å²) in [4.78, 5) is 65.6. The number of carboxylic acids is 1. The molecule has 8 atom stereocenters. The molecule has 1 saturated carbocycles. The van der Waals surface area contributed by atoms with Crippen molar-refractivity contribution in [2.24, 2.45) is 39.4 Å². The van der Waals surface area contributed by atoms with Gasteiger partial charge in [0.05, 0.1) is 17.4 Å². The van der Waals surface area contributed by atoms with Gasteiger partial charge in [-0.2, -0.15) is 0 Å². The number of hydrogen-bond donors (Lipinski definition) is 3. The largest absolute Gasteiger partial charge is 0.481 e. The molecule has 4 aliphatic rings. The molecule has 0 aromatic heterocycles. The predicted molar refractivity (Wildman–Crippen MR) is 138 cm³/mol. The van der Waals surface area contributed by atoms with Crippen LogP contribution in [-0.4, -0.2) is 56.6 Å². The summed E-state index contributed by atoms with van der Waals surface area (Å²) < 4.78 is 0. The van der Waals surface area contributed by atoms with Crippen LogP contribution in [0.2, 0.25) is 0 Å². The van der Waals surface area contributed by atoms with E-state index in [1.165, 1.54) is 13.0 Å². The van der Waals surface area contributed by atoms with Gasteiger partial charge in [0, 0.05) is 41.2 Å². The van der Waals surface area contributed by atoms with Crippen molar-refractivity contribution in [2.75, 3.05) is 0 Å². The average Bonchev–Trinajstić information content (AvgIpc) is 3.03. The van der Waals surface area contributed by atoms with Gasteiger partial charge in [-0.1, -0.05) is 47.1 Å². The van der Waals surface area contributed by atoms with E-state index in [0.29, 0.717) is 18.4 Å². The van der Waals surface area contributed by atoms with Crippen LogP contribution in [0, 0.1) is 39.4 Å². The maximum atomic E-state index is 14.1. The first-order valence-corrected chi connectivity index (χ1v) is 13.6. The number of allylic oxidation sites excluding steroid dienone is 2. The second-order valence-electron chi connectivity index (χ2n) is 13.4. The van der Waals surface area contributed by atoms with Crippen LogP contribution in [0.1, 0.15) is 80.6 Å². The van der Waals surface area contributed by atoms with Crippen LogP contribution in [-0.2, 0) is 24.0 Å². The van der Waals surface area contributed by atoms with Gasteiger partial charge in [-0.15, -0.1) is 0 Å². The number of ketones is 4. The van der Waals surface area contributed by atoms with Crippen LogP contribution in [0.4, 0.5) is 0 Å². The van der Waals surface area contributed by atoms with Crippen molar-refractivity contribution in [3.05, 3.63) is 22.8 Å². The molecule has 0 spiro atoms. The Morgan fingerprint density at radius 2 is 1.61 bits per heavy atom. The summed E-state index contributed by atoms with van der Waals surface area (Å²) in [6.45, 7) is 12.2. The van der Waals surface area contributed by atoms with Crippen LogP contribution in [0.5, 0.6) is 0 Å². The summed E-state index contributed by atoms with van der Waals surface area (Å²) in [5, 5.41) is 31.6. The Hall–Kier alpha value is -2.45. The Morgan fingerprint density at radius 3 is 2.18 bits per heavy atom. The van der Waals surface area contributed by atoms with E-state index >= 15 is 0 Å². The molecule has 0 heterocycles. The second kappa shape index (κ2) is 8.78. The first-order valence-electron chi connectivity index (χ1n) is 13.6. The van der Waals surface area contributed by atoms with E-state index in [4.69, 9.17) is 5.11 Å². The predicted octanol–water partition coefficient (Wildman–Crippen LogP) is 3.23. The molecule has 3 N–H and O–H groups in total. The first-order chi connectivity index (χ1) is 17.4. The normalized spacial score (nSPS) is 39.7. The van der Waals surface area contributed by atoms with Crippen LogP contribution in [0.25, 0.3) is 0 Å². The molecule has 0 aromatic carbocycles. The lowest BCUT2D eigenvalue weighted by Gasteiger charge is -2.60. The molecule has 0 radical (unpaired) electrons. The standard InChI is InChI=1S/C30H40O8/c1-14(10-16(31)11-15(2)26(37)38)17-12-21(34)30(7)22-18(32)13-19-27(3,4)20(33)8-9-28(19,5)23(22)24(35)25(36)29(17,30)6/h12,14-15,19-20,25,33,36H,8-11,13H2,1-7H3,(H,37,38)/t14-,15?,19?,20+,25-,28+,29+,30+/m1/s1. The molecule has 208 valence electrons. The van der Waals surface area contributed by atoms with Gasteiger partial charge in [-0.3, -0.25) is 24.0 Å². The van der Waals surface area contributed by atoms with E-state index in [9.17, 15) is 34.2 Å². The third-order valence-corrected chi connectivity index (χ3v) is 10.9. The summed E-state index contributed by atoms with van der Waals surface area (Å²) in [5.74, 6) is -4.34. The summed E-state index contributed by atoms with van der Waals surface area (Å²) in [7, 11) is 0. The number of carbonyl (C=O) groups is 5. The number of hydrogen-bond acceptors (Lipinski definition) is 7. The highest BCUT2D eigenvalue weighted by Crippen LogP contribution is 2.68. The van der Waals surface area contributed by atoms with Gasteiger partial charge < -0.3 is 15.3 Å². The van der Waals surface area contributed by atoms with Crippen LogP contribution < -0.4 is 0 Å². The minimum Gasteiger partial charge on any atom is -0.481 e. The van der Waals surface area contributed by atoms with Crippen molar-refractivity contribution in [3.8, 4) is 0 Å². The first kappa shape index (κ1) is 28.6. The van der Waals surface area contributed by atoms with Gasteiger partial charge in [-0.05, 0) is 43.1 Å². The number of aliphatic hydroxyl groups excluding tert-OH is 2. The molecular weight excluding hydrogens is 488 g/mol. The molecular formula is C30H40O8. The van der Waals surface area contributed by atoms with Crippen molar-refractivity contribution < 1.29 is 39.3 Å². The molecule has 0 aromatic rings. The van der Waals surface area contributed by atoms with E-state index in [0.717, 1.165) is 0 Å². The minimum absolute atomic E-state index is 0.0466. The Kier molecular flexibility index (Phi) is 6.60. The van der Waals surface area contributed by atoms with Gasteiger partial charge in [0.1, 0.15) is 11.9 Å². The zero-order valence-electron chi connectivity index (χ0n) is 23.4. The Bertz CT molecular complexity index is 1210. The van der Waals surface area contributed by atoms with Crippen molar-refractivity contribution in [3.63, 3.8) is 0 Å². The lowest BCUT2D eigenvalue weighted by Crippen LogP contribution is -2.64. The molecule has 8 nitrogen and oxygen atoms in total.